The Labute approximate surface area is 218 Å². The Morgan fingerprint density at radius 3 is 2.94 bits per heavy atom. The van der Waals surface area contributed by atoms with Gasteiger partial charge in [0.2, 0.25) is 0 Å². The van der Waals surface area contributed by atoms with Crippen LogP contribution in [-0.4, -0.2) is 67.8 Å². The number of carbonyl (C=O) groups excluding carboxylic acids is 1. The molecule has 0 spiro atoms. The molecule has 3 heterocycles. The van der Waals surface area contributed by atoms with E-state index in [4.69, 9.17) is 25.8 Å². The number of carbonyl (C=O) groups is 1. The molecule has 194 valence electrons. The van der Waals surface area contributed by atoms with Crippen molar-refractivity contribution in [3.8, 4) is 11.5 Å². The Hall–Kier alpha value is -2.48. The second-order valence-corrected chi connectivity index (χ2v) is 10.7. The molecule has 0 aromatic heterocycles. The van der Waals surface area contributed by atoms with Gasteiger partial charge < -0.3 is 24.4 Å². The standard InChI is InChI=1S/C28H36ClN3O4/c1-19(2)15-32(16-20-13-23(29)27-24(14-20)34-10-4-11-36-27)28(33)25-18-31(9-12-35-25)17-22-6-3-5-21-7-8-30-26(21)22/h3,5-6,13-14,19,25,30H,4,7-12,15-18H2,1-2H3/t25-/m0/s1. The fourth-order valence-corrected chi connectivity index (χ4v) is 5.54. The molecule has 1 saturated heterocycles. The molecule has 1 atom stereocenters. The summed E-state index contributed by atoms with van der Waals surface area (Å²) < 4.78 is 17.6. The van der Waals surface area contributed by atoms with Crippen LogP contribution in [0.5, 0.6) is 11.5 Å². The number of hydrogen-bond acceptors (Lipinski definition) is 6. The van der Waals surface area contributed by atoms with Crippen molar-refractivity contribution in [3.05, 3.63) is 52.0 Å². The first kappa shape index (κ1) is 25.2. The first-order valence-electron chi connectivity index (χ1n) is 13.0. The second kappa shape index (κ2) is 11.3. The maximum atomic E-state index is 13.7. The number of nitrogens with zero attached hydrogens (tertiary/aromatic N) is 2. The highest BCUT2D eigenvalue weighted by Gasteiger charge is 2.31. The smallest absolute Gasteiger partial charge is 0.253 e. The summed E-state index contributed by atoms with van der Waals surface area (Å²) in [6.07, 6.45) is 1.40. The molecular weight excluding hydrogens is 478 g/mol. The van der Waals surface area contributed by atoms with Crippen LogP contribution >= 0.6 is 11.6 Å². The van der Waals surface area contributed by atoms with E-state index in [-0.39, 0.29) is 5.91 Å². The molecule has 0 unspecified atom stereocenters. The topological polar surface area (TPSA) is 63.3 Å². The van der Waals surface area contributed by atoms with Gasteiger partial charge in [-0.3, -0.25) is 9.69 Å². The van der Waals surface area contributed by atoms with Crippen LogP contribution in [0.3, 0.4) is 0 Å². The molecule has 7 nitrogen and oxygen atoms in total. The first-order valence-corrected chi connectivity index (χ1v) is 13.4. The van der Waals surface area contributed by atoms with Crippen molar-refractivity contribution >= 4 is 23.2 Å². The number of anilines is 1. The van der Waals surface area contributed by atoms with E-state index < -0.39 is 6.10 Å². The third-order valence-electron chi connectivity index (χ3n) is 6.89. The normalized spacial score (nSPS) is 19.5. The molecule has 1 fully saturated rings. The molecule has 8 heteroatoms. The average molecular weight is 514 g/mol. The van der Waals surface area contributed by atoms with Gasteiger partial charge >= 0.3 is 0 Å². The van der Waals surface area contributed by atoms with Crippen molar-refractivity contribution in [1.82, 2.24) is 9.80 Å². The fourth-order valence-electron chi connectivity index (χ4n) is 5.25. The number of nitrogens with one attached hydrogen (secondary N) is 1. The van der Waals surface area contributed by atoms with Gasteiger partial charge in [0.25, 0.3) is 5.91 Å². The molecule has 1 amide bonds. The quantitative estimate of drug-likeness (QED) is 0.593. The summed E-state index contributed by atoms with van der Waals surface area (Å²) in [5.74, 6) is 1.58. The number of fused-ring (bicyclic) bond motifs is 2. The van der Waals surface area contributed by atoms with Crippen molar-refractivity contribution in [2.45, 2.75) is 45.9 Å². The van der Waals surface area contributed by atoms with Gasteiger partial charge in [-0.15, -0.1) is 0 Å². The van der Waals surface area contributed by atoms with Crippen LogP contribution in [0.25, 0.3) is 0 Å². The monoisotopic (exact) mass is 513 g/mol. The number of morpholine rings is 1. The number of rotatable bonds is 7. The lowest BCUT2D eigenvalue weighted by atomic mass is 10.1. The summed E-state index contributed by atoms with van der Waals surface area (Å²) in [7, 11) is 0. The van der Waals surface area contributed by atoms with Crippen molar-refractivity contribution in [2.75, 3.05) is 51.3 Å². The van der Waals surface area contributed by atoms with Crippen LogP contribution in [0.15, 0.2) is 30.3 Å². The molecule has 2 aromatic rings. The van der Waals surface area contributed by atoms with Crippen LogP contribution < -0.4 is 14.8 Å². The Morgan fingerprint density at radius 1 is 1.22 bits per heavy atom. The average Bonchev–Trinajstić information content (AvgIpc) is 3.22. The molecule has 36 heavy (non-hydrogen) atoms. The van der Waals surface area contributed by atoms with Gasteiger partial charge in [0, 0.05) is 51.4 Å². The lowest BCUT2D eigenvalue weighted by Crippen LogP contribution is -2.51. The summed E-state index contributed by atoms with van der Waals surface area (Å²) in [6.45, 7) is 10.3. The van der Waals surface area contributed by atoms with E-state index >= 15 is 0 Å². The van der Waals surface area contributed by atoms with Gasteiger partial charge in [-0.25, -0.2) is 0 Å². The molecule has 1 N–H and O–H groups in total. The van der Waals surface area contributed by atoms with Gasteiger partial charge in [0.05, 0.1) is 24.8 Å². The van der Waals surface area contributed by atoms with E-state index in [2.05, 4.69) is 42.3 Å². The van der Waals surface area contributed by atoms with Crippen molar-refractivity contribution < 1.29 is 19.0 Å². The van der Waals surface area contributed by atoms with Crippen LogP contribution in [-0.2, 0) is 29.0 Å². The van der Waals surface area contributed by atoms with Gasteiger partial charge in [0.1, 0.15) is 6.10 Å². The number of hydrogen-bond donors (Lipinski definition) is 1. The number of benzene rings is 2. The van der Waals surface area contributed by atoms with Crippen LogP contribution in [0, 0.1) is 5.92 Å². The van der Waals surface area contributed by atoms with E-state index in [0.29, 0.717) is 61.9 Å². The lowest BCUT2D eigenvalue weighted by molar-refractivity contribution is -0.151. The van der Waals surface area contributed by atoms with Crippen molar-refractivity contribution in [3.63, 3.8) is 0 Å². The molecule has 3 aliphatic heterocycles. The number of halogens is 1. The molecule has 0 aliphatic carbocycles. The summed E-state index contributed by atoms with van der Waals surface area (Å²) in [4.78, 5) is 18.0. The van der Waals surface area contributed by atoms with E-state index in [9.17, 15) is 4.79 Å². The third kappa shape index (κ3) is 5.74. The summed E-state index contributed by atoms with van der Waals surface area (Å²) in [5, 5.41) is 4.05. The maximum Gasteiger partial charge on any atom is 0.253 e. The predicted octanol–water partition coefficient (Wildman–Crippen LogP) is 4.35. The SMILES string of the molecule is CC(C)CN(Cc1cc(Cl)c2c(c1)OCCCO2)C(=O)[C@@H]1CN(Cc2cccc3c2NCC3)CCO1. The Kier molecular flexibility index (Phi) is 7.89. The molecule has 0 saturated carbocycles. The van der Waals surface area contributed by atoms with Crippen molar-refractivity contribution in [1.29, 1.82) is 0 Å². The summed E-state index contributed by atoms with van der Waals surface area (Å²) >= 11 is 6.53. The summed E-state index contributed by atoms with van der Waals surface area (Å²) in [6, 6.07) is 10.3. The first-order chi connectivity index (χ1) is 17.5. The van der Waals surface area contributed by atoms with Crippen molar-refractivity contribution in [2.24, 2.45) is 5.92 Å². The zero-order valence-corrected chi connectivity index (χ0v) is 22.0. The maximum absolute atomic E-state index is 13.7. The summed E-state index contributed by atoms with van der Waals surface area (Å²) in [5.41, 5.74) is 4.86. The van der Waals surface area contributed by atoms with Gasteiger partial charge in [0.15, 0.2) is 11.5 Å². The van der Waals surface area contributed by atoms with Gasteiger partial charge in [-0.1, -0.05) is 43.6 Å². The van der Waals surface area contributed by atoms with E-state index in [1.165, 1.54) is 16.8 Å². The minimum Gasteiger partial charge on any atom is -0.489 e. The highest BCUT2D eigenvalue weighted by molar-refractivity contribution is 6.32. The van der Waals surface area contributed by atoms with Gasteiger partial charge in [-0.2, -0.15) is 0 Å². The van der Waals surface area contributed by atoms with Crippen LogP contribution in [0.1, 0.15) is 37.0 Å². The Balaban J connectivity index is 1.29. The molecular formula is C28H36ClN3O4. The minimum atomic E-state index is -0.488. The molecule has 2 aromatic carbocycles. The number of ether oxygens (including phenoxy) is 3. The molecule has 0 bridgehead atoms. The van der Waals surface area contributed by atoms with Crippen LogP contribution in [0.4, 0.5) is 5.69 Å². The lowest BCUT2D eigenvalue weighted by Gasteiger charge is -2.36. The highest BCUT2D eigenvalue weighted by Crippen LogP contribution is 2.38. The third-order valence-corrected chi connectivity index (χ3v) is 7.17. The molecule has 3 aliphatic rings. The fraction of sp³-hybridized carbons (Fsp3) is 0.536. The Bertz CT molecular complexity index is 1090. The zero-order chi connectivity index (χ0) is 25.1. The van der Waals surface area contributed by atoms with E-state index in [1.54, 1.807) is 0 Å². The number of amides is 1. The molecule has 0 radical (unpaired) electrons. The van der Waals surface area contributed by atoms with E-state index in [1.807, 2.05) is 17.0 Å². The zero-order valence-electron chi connectivity index (χ0n) is 21.2. The minimum absolute atomic E-state index is 0.0213. The largest absolute Gasteiger partial charge is 0.489 e. The highest BCUT2D eigenvalue weighted by atomic mass is 35.5. The second-order valence-electron chi connectivity index (χ2n) is 10.3. The van der Waals surface area contributed by atoms with Gasteiger partial charge in [-0.05, 0) is 41.2 Å². The molecule has 5 rings (SSSR count). The van der Waals surface area contributed by atoms with E-state index in [0.717, 1.165) is 38.0 Å². The Morgan fingerprint density at radius 2 is 2.08 bits per heavy atom. The number of para-hydroxylation sites is 1. The predicted molar refractivity (Wildman–Crippen MR) is 141 cm³/mol. The van der Waals surface area contributed by atoms with Crippen LogP contribution in [0.2, 0.25) is 5.02 Å².